The van der Waals surface area contributed by atoms with Crippen LogP contribution in [0.2, 0.25) is 0 Å². The molecule has 0 unspecified atom stereocenters. The van der Waals surface area contributed by atoms with Gasteiger partial charge in [-0.1, -0.05) is 24.3 Å². The summed E-state index contributed by atoms with van der Waals surface area (Å²) in [6.45, 7) is 3.12. The standard InChI is InChI=1S/C22H22FN3/c23-20-6-4-17(5-7-20)8-12-25-13-10-21(11-14-25)26-15-9-18-2-1-3-19(16-24)22(18)26/h1-7,9,15,21H,8,10-14H2. The van der Waals surface area contributed by atoms with Crippen LogP contribution in [0.15, 0.2) is 54.7 Å². The van der Waals surface area contributed by atoms with Gasteiger partial charge in [0, 0.05) is 37.3 Å². The molecular weight excluding hydrogens is 325 g/mol. The molecule has 26 heavy (non-hydrogen) atoms. The molecule has 1 fully saturated rings. The van der Waals surface area contributed by atoms with Gasteiger partial charge in [0.05, 0.1) is 11.1 Å². The lowest BCUT2D eigenvalue weighted by molar-refractivity contribution is 0.190. The van der Waals surface area contributed by atoms with Crippen molar-refractivity contribution in [3.05, 3.63) is 71.7 Å². The minimum Gasteiger partial charge on any atom is -0.343 e. The van der Waals surface area contributed by atoms with Crippen LogP contribution in [-0.2, 0) is 6.42 Å². The van der Waals surface area contributed by atoms with E-state index in [4.69, 9.17) is 0 Å². The third-order valence-corrected chi connectivity index (χ3v) is 5.44. The van der Waals surface area contributed by atoms with Gasteiger partial charge in [-0.25, -0.2) is 4.39 Å². The molecule has 3 aromatic rings. The molecule has 4 rings (SSSR count). The van der Waals surface area contributed by atoms with E-state index in [9.17, 15) is 9.65 Å². The number of halogens is 1. The molecule has 0 aliphatic carbocycles. The number of benzene rings is 2. The SMILES string of the molecule is N#Cc1cccc2ccn(C3CCN(CCc4ccc(F)cc4)CC3)c12. The van der Waals surface area contributed by atoms with Gasteiger partial charge in [0.15, 0.2) is 0 Å². The van der Waals surface area contributed by atoms with Crippen LogP contribution in [0.4, 0.5) is 4.39 Å². The Kier molecular flexibility index (Phi) is 4.73. The van der Waals surface area contributed by atoms with E-state index in [0.717, 1.165) is 55.4 Å². The zero-order chi connectivity index (χ0) is 17.9. The number of hydrogen-bond acceptors (Lipinski definition) is 2. The van der Waals surface area contributed by atoms with Crippen molar-refractivity contribution < 1.29 is 4.39 Å². The van der Waals surface area contributed by atoms with Crippen LogP contribution in [0.1, 0.15) is 30.0 Å². The molecule has 0 spiro atoms. The molecule has 0 saturated carbocycles. The van der Waals surface area contributed by atoms with E-state index in [1.807, 2.05) is 24.3 Å². The van der Waals surface area contributed by atoms with Crippen molar-refractivity contribution in [1.82, 2.24) is 9.47 Å². The summed E-state index contributed by atoms with van der Waals surface area (Å²) >= 11 is 0. The van der Waals surface area contributed by atoms with Crippen molar-refractivity contribution in [2.24, 2.45) is 0 Å². The minimum atomic E-state index is -0.176. The first-order chi connectivity index (χ1) is 12.7. The molecule has 4 heteroatoms. The second-order valence-corrected chi connectivity index (χ2v) is 7.03. The Morgan fingerprint density at radius 1 is 1.04 bits per heavy atom. The number of nitriles is 1. The van der Waals surface area contributed by atoms with Gasteiger partial charge in [-0.15, -0.1) is 0 Å². The summed E-state index contributed by atoms with van der Waals surface area (Å²) in [6.07, 6.45) is 5.26. The summed E-state index contributed by atoms with van der Waals surface area (Å²) in [5, 5.41) is 10.6. The molecule has 1 saturated heterocycles. The Labute approximate surface area is 153 Å². The highest BCUT2D eigenvalue weighted by Gasteiger charge is 2.22. The first-order valence-corrected chi connectivity index (χ1v) is 9.21. The van der Waals surface area contributed by atoms with Crippen molar-refractivity contribution in [3.63, 3.8) is 0 Å². The molecule has 1 aromatic heterocycles. The number of aromatic nitrogens is 1. The normalized spacial score (nSPS) is 16.0. The fraction of sp³-hybridized carbons (Fsp3) is 0.318. The van der Waals surface area contributed by atoms with E-state index in [0.29, 0.717) is 6.04 Å². The Balaban J connectivity index is 1.39. The van der Waals surface area contributed by atoms with Crippen LogP contribution in [0.5, 0.6) is 0 Å². The number of rotatable bonds is 4. The molecule has 1 aliphatic rings. The maximum absolute atomic E-state index is 13.0. The van der Waals surface area contributed by atoms with Crippen molar-refractivity contribution in [3.8, 4) is 6.07 Å². The van der Waals surface area contributed by atoms with E-state index < -0.39 is 0 Å². The van der Waals surface area contributed by atoms with Crippen molar-refractivity contribution in [2.45, 2.75) is 25.3 Å². The van der Waals surface area contributed by atoms with Crippen LogP contribution in [-0.4, -0.2) is 29.1 Å². The van der Waals surface area contributed by atoms with Gasteiger partial charge in [-0.2, -0.15) is 5.26 Å². The largest absolute Gasteiger partial charge is 0.343 e. The molecule has 2 aromatic carbocycles. The van der Waals surface area contributed by atoms with Crippen LogP contribution in [0.25, 0.3) is 10.9 Å². The Morgan fingerprint density at radius 3 is 2.54 bits per heavy atom. The van der Waals surface area contributed by atoms with Gasteiger partial charge in [0.2, 0.25) is 0 Å². The van der Waals surface area contributed by atoms with Crippen LogP contribution >= 0.6 is 0 Å². The maximum atomic E-state index is 13.0. The second kappa shape index (κ2) is 7.31. The van der Waals surface area contributed by atoms with E-state index >= 15 is 0 Å². The summed E-state index contributed by atoms with van der Waals surface area (Å²) in [5.41, 5.74) is 3.01. The van der Waals surface area contributed by atoms with Gasteiger partial charge in [0.1, 0.15) is 11.9 Å². The van der Waals surface area contributed by atoms with E-state index in [1.165, 1.54) is 17.7 Å². The Hall–Kier alpha value is -2.64. The maximum Gasteiger partial charge on any atom is 0.123 e. The van der Waals surface area contributed by atoms with Gasteiger partial charge in [0.25, 0.3) is 0 Å². The van der Waals surface area contributed by atoms with Crippen LogP contribution < -0.4 is 0 Å². The van der Waals surface area contributed by atoms with E-state index in [1.54, 1.807) is 0 Å². The highest BCUT2D eigenvalue weighted by molar-refractivity contribution is 5.85. The lowest BCUT2D eigenvalue weighted by Crippen LogP contribution is -2.35. The molecule has 132 valence electrons. The smallest absolute Gasteiger partial charge is 0.123 e. The molecule has 0 atom stereocenters. The zero-order valence-electron chi connectivity index (χ0n) is 14.7. The number of para-hydroxylation sites is 1. The van der Waals surface area contributed by atoms with Crippen molar-refractivity contribution in [1.29, 1.82) is 5.26 Å². The fourth-order valence-corrected chi connectivity index (χ4v) is 3.97. The molecule has 1 aliphatic heterocycles. The highest BCUT2D eigenvalue weighted by Crippen LogP contribution is 2.29. The first kappa shape index (κ1) is 16.8. The fourth-order valence-electron chi connectivity index (χ4n) is 3.97. The topological polar surface area (TPSA) is 32.0 Å². The van der Waals surface area contributed by atoms with E-state index in [2.05, 4.69) is 33.9 Å². The van der Waals surface area contributed by atoms with Crippen molar-refractivity contribution in [2.75, 3.05) is 19.6 Å². The molecular formula is C22H22FN3. The van der Waals surface area contributed by atoms with Gasteiger partial charge < -0.3 is 9.47 Å². The summed E-state index contributed by atoms with van der Waals surface area (Å²) in [6, 6.07) is 17.6. The van der Waals surface area contributed by atoms with E-state index in [-0.39, 0.29) is 5.82 Å². The minimum absolute atomic E-state index is 0.176. The molecule has 2 heterocycles. The predicted octanol–water partition coefficient (Wildman–Crippen LogP) is 4.53. The lowest BCUT2D eigenvalue weighted by Gasteiger charge is -2.33. The molecule has 0 radical (unpaired) electrons. The Bertz CT molecular complexity index is 928. The quantitative estimate of drug-likeness (QED) is 0.694. The monoisotopic (exact) mass is 347 g/mol. The van der Waals surface area contributed by atoms with Gasteiger partial charge in [-0.05, 0) is 49.1 Å². The molecule has 0 bridgehead atoms. The lowest BCUT2D eigenvalue weighted by atomic mass is 10.0. The summed E-state index contributed by atoms with van der Waals surface area (Å²) in [4.78, 5) is 2.48. The third kappa shape index (κ3) is 3.36. The molecule has 3 nitrogen and oxygen atoms in total. The number of piperidine rings is 1. The molecule has 0 N–H and O–H groups in total. The summed E-state index contributed by atoms with van der Waals surface area (Å²) in [7, 11) is 0. The summed E-state index contributed by atoms with van der Waals surface area (Å²) < 4.78 is 15.3. The number of fused-ring (bicyclic) bond motifs is 1. The van der Waals surface area contributed by atoms with Crippen LogP contribution in [0.3, 0.4) is 0 Å². The Morgan fingerprint density at radius 2 is 1.81 bits per heavy atom. The predicted molar refractivity (Wildman–Crippen MR) is 101 cm³/mol. The summed E-state index contributed by atoms with van der Waals surface area (Å²) in [5.74, 6) is -0.176. The first-order valence-electron chi connectivity index (χ1n) is 9.21. The van der Waals surface area contributed by atoms with Gasteiger partial charge in [-0.3, -0.25) is 0 Å². The third-order valence-electron chi connectivity index (χ3n) is 5.44. The second-order valence-electron chi connectivity index (χ2n) is 7.03. The average Bonchev–Trinajstić information content (AvgIpc) is 3.12. The highest BCUT2D eigenvalue weighted by atomic mass is 19.1. The van der Waals surface area contributed by atoms with Crippen LogP contribution in [0, 0.1) is 17.1 Å². The number of likely N-dealkylation sites (tertiary alicyclic amines) is 1. The number of nitrogens with zero attached hydrogens (tertiary/aromatic N) is 3. The van der Waals surface area contributed by atoms with Gasteiger partial charge >= 0.3 is 0 Å². The number of hydrogen-bond donors (Lipinski definition) is 0. The van der Waals surface area contributed by atoms with Crippen molar-refractivity contribution >= 4 is 10.9 Å². The average molecular weight is 347 g/mol. The molecule has 0 amide bonds. The zero-order valence-corrected chi connectivity index (χ0v) is 14.7.